The molecule has 0 saturated carbocycles. The van der Waals surface area contributed by atoms with E-state index in [2.05, 4.69) is 0 Å². The van der Waals surface area contributed by atoms with E-state index in [4.69, 9.17) is 5.73 Å². The van der Waals surface area contributed by atoms with Gasteiger partial charge in [-0.3, -0.25) is 0 Å². The number of rotatable bonds is 1. The molecule has 0 aromatic heterocycles. The van der Waals surface area contributed by atoms with Crippen molar-refractivity contribution in [1.82, 2.24) is 0 Å². The van der Waals surface area contributed by atoms with Crippen LogP contribution in [-0.4, -0.2) is 22.7 Å². The van der Waals surface area contributed by atoms with Gasteiger partial charge in [0.25, 0.3) is 0 Å². The van der Waals surface area contributed by atoms with Crippen molar-refractivity contribution >= 4 is 11.8 Å². The number of thioether (sulfide) groups is 1. The van der Waals surface area contributed by atoms with Crippen LogP contribution >= 0.6 is 11.8 Å². The Balaban J connectivity index is 2.25. The number of aromatic hydroxyl groups is 1. The molecule has 1 heterocycles. The molecule has 0 spiro atoms. The summed E-state index contributed by atoms with van der Waals surface area (Å²) in [4.78, 5) is 0. The maximum absolute atomic E-state index is 9.72. The van der Waals surface area contributed by atoms with Crippen LogP contribution in [0.4, 0.5) is 0 Å². The van der Waals surface area contributed by atoms with Gasteiger partial charge in [-0.1, -0.05) is 18.2 Å². The fourth-order valence-electron chi connectivity index (χ4n) is 1.88. The molecule has 0 aliphatic carbocycles. The highest BCUT2D eigenvalue weighted by atomic mass is 32.2. The van der Waals surface area contributed by atoms with E-state index in [1.807, 2.05) is 30.0 Å². The number of nitrogens with two attached hydrogens (primary N) is 1. The molecule has 3 N–H and O–H groups in total. The van der Waals surface area contributed by atoms with Gasteiger partial charge in [-0.2, -0.15) is 11.8 Å². The molecule has 0 bridgehead atoms. The standard InChI is InChI=1S/C11H15NOS/c12-10-5-6-14-7-9(10)8-3-1-2-4-11(8)13/h1-4,9-10,13H,5-7,12H2. The van der Waals surface area contributed by atoms with Crippen LogP contribution < -0.4 is 5.73 Å². The van der Waals surface area contributed by atoms with Crippen LogP contribution in [0, 0.1) is 0 Å². The maximum atomic E-state index is 9.72. The largest absolute Gasteiger partial charge is 0.508 e. The fraction of sp³-hybridized carbons (Fsp3) is 0.455. The summed E-state index contributed by atoms with van der Waals surface area (Å²) in [6.45, 7) is 0. The summed E-state index contributed by atoms with van der Waals surface area (Å²) < 4.78 is 0. The Morgan fingerprint density at radius 2 is 2.14 bits per heavy atom. The Kier molecular flexibility index (Phi) is 2.99. The minimum atomic E-state index is 0.199. The summed E-state index contributed by atoms with van der Waals surface area (Å²) in [7, 11) is 0. The van der Waals surface area contributed by atoms with Crippen molar-refractivity contribution in [2.75, 3.05) is 11.5 Å². The zero-order chi connectivity index (χ0) is 9.97. The van der Waals surface area contributed by atoms with Crippen LogP contribution in [0.2, 0.25) is 0 Å². The first kappa shape index (κ1) is 9.87. The Labute approximate surface area is 88.5 Å². The van der Waals surface area contributed by atoms with Crippen LogP contribution in [0.5, 0.6) is 5.75 Å². The van der Waals surface area contributed by atoms with Gasteiger partial charge in [0.1, 0.15) is 5.75 Å². The number of hydrogen-bond donors (Lipinski definition) is 2. The van der Waals surface area contributed by atoms with Crippen LogP contribution in [0.25, 0.3) is 0 Å². The lowest BCUT2D eigenvalue weighted by Gasteiger charge is -2.28. The van der Waals surface area contributed by atoms with Crippen molar-refractivity contribution in [3.05, 3.63) is 29.8 Å². The molecule has 14 heavy (non-hydrogen) atoms. The second-order valence-corrected chi connectivity index (χ2v) is 4.84. The molecule has 1 aliphatic heterocycles. The van der Waals surface area contributed by atoms with Crippen molar-refractivity contribution < 1.29 is 5.11 Å². The maximum Gasteiger partial charge on any atom is 0.119 e. The normalized spacial score (nSPS) is 27.5. The fourth-order valence-corrected chi connectivity index (χ4v) is 3.16. The molecule has 2 atom stereocenters. The average Bonchev–Trinajstić information content (AvgIpc) is 2.20. The molecule has 76 valence electrons. The SMILES string of the molecule is NC1CCSCC1c1ccccc1O. The number of phenolic OH excluding ortho intramolecular Hbond substituents is 1. The quantitative estimate of drug-likeness (QED) is 0.743. The van der Waals surface area contributed by atoms with E-state index in [1.54, 1.807) is 6.07 Å². The van der Waals surface area contributed by atoms with E-state index in [9.17, 15) is 5.11 Å². The zero-order valence-electron chi connectivity index (χ0n) is 8.02. The van der Waals surface area contributed by atoms with Crippen molar-refractivity contribution in [1.29, 1.82) is 0 Å². The predicted octanol–water partition coefficient (Wildman–Crippen LogP) is 1.94. The molecule has 1 saturated heterocycles. The Bertz CT molecular complexity index is 316. The third kappa shape index (κ3) is 1.88. The number of para-hydroxylation sites is 1. The molecule has 2 nitrogen and oxygen atoms in total. The molecule has 1 aromatic carbocycles. The highest BCUT2D eigenvalue weighted by Crippen LogP contribution is 2.34. The number of benzene rings is 1. The Morgan fingerprint density at radius 3 is 2.86 bits per heavy atom. The van der Waals surface area contributed by atoms with Gasteiger partial charge in [-0.05, 0) is 23.8 Å². The predicted molar refractivity (Wildman–Crippen MR) is 60.8 cm³/mol. The lowest BCUT2D eigenvalue weighted by atomic mass is 9.91. The van der Waals surface area contributed by atoms with Gasteiger partial charge >= 0.3 is 0 Å². The van der Waals surface area contributed by atoms with Gasteiger partial charge in [-0.15, -0.1) is 0 Å². The topological polar surface area (TPSA) is 46.2 Å². The van der Waals surface area contributed by atoms with Crippen molar-refractivity contribution in [3.8, 4) is 5.75 Å². The zero-order valence-corrected chi connectivity index (χ0v) is 8.83. The second-order valence-electron chi connectivity index (χ2n) is 3.69. The van der Waals surface area contributed by atoms with Crippen molar-refractivity contribution in [2.45, 2.75) is 18.4 Å². The van der Waals surface area contributed by atoms with Gasteiger partial charge in [0.15, 0.2) is 0 Å². The monoisotopic (exact) mass is 209 g/mol. The van der Waals surface area contributed by atoms with E-state index in [1.165, 1.54) is 0 Å². The van der Waals surface area contributed by atoms with Crippen LogP contribution in [-0.2, 0) is 0 Å². The van der Waals surface area contributed by atoms with E-state index in [-0.39, 0.29) is 6.04 Å². The third-order valence-electron chi connectivity index (χ3n) is 2.75. The van der Waals surface area contributed by atoms with Crippen LogP contribution in [0.1, 0.15) is 17.9 Å². The minimum absolute atomic E-state index is 0.199. The van der Waals surface area contributed by atoms with Crippen LogP contribution in [0.15, 0.2) is 24.3 Å². The highest BCUT2D eigenvalue weighted by Gasteiger charge is 2.25. The summed E-state index contributed by atoms with van der Waals surface area (Å²) >= 11 is 1.92. The molecule has 2 unspecified atom stereocenters. The first-order chi connectivity index (χ1) is 6.79. The van der Waals surface area contributed by atoms with E-state index >= 15 is 0 Å². The molecule has 2 rings (SSSR count). The van der Waals surface area contributed by atoms with Crippen LogP contribution in [0.3, 0.4) is 0 Å². The van der Waals surface area contributed by atoms with Gasteiger partial charge < -0.3 is 10.8 Å². The molecular weight excluding hydrogens is 194 g/mol. The summed E-state index contributed by atoms with van der Waals surface area (Å²) in [6, 6.07) is 7.72. The molecule has 3 heteroatoms. The van der Waals surface area contributed by atoms with E-state index in [0.717, 1.165) is 23.5 Å². The first-order valence-electron chi connectivity index (χ1n) is 4.90. The van der Waals surface area contributed by atoms with Gasteiger partial charge in [0, 0.05) is 17.7 Å². The summed E-state index contributed by atoms with van der Waals surface area (Å²) in [5.41, 5.74) is 7.06. The van der Waals surface area contributed by atoms with Crippen molar-refractivity contribution in [2.24, 2.45) is 5.73 Å². The van der Waals surface area contributed by atoms with Gasteiger partial charge in [0.05, 0.1) is 0 Å². The van der Waals surface area contributed by atoms with E-state index < -0.39 is 0 Å². The molecule has 1 aliphatic rings. The second kappa shape index (κ2) is 4.24. The number of phenols is 1. The summed E-state index contributed by atoms with van der Waals surface area (Å²) in [6.07, 6.45) is 1.05. The summed E-state index contributed by atoms with van der Waals surface area (Å²) in [5, 5.41) is 9.72. The molecule has 1 aromatic rings. The lowest BCUT2D eigenvalue weighted by Crippen LogP contribution is -2.33. The minimum Gasteiger partial charge on any atom is -0.508 e. The van der Waals surface area contributed by atoms with E-state index in [0.29, 0.717) is 11.7 Å². The Morgan fingerprint density at radius 1 is 1.36 bits per heavy atom. The van der Waals surface area contributed by atoms with Gasteiger partial charge in [0.2, 0.25) is 0 Å². The molecule has 1 fully saturated rings. The number of hydrogen-bond acceptors (Lipinski definition) is 3. The van der Waals surface area contributed by atoms with Crippen molar-refractivity contribution in [3.63, 3.8) is 0 Å². The van der Waals surface area contributed by atoms with Gasteiger partial charge in [-0.25, -0.2) is 0 Å². The lowest BCUT2D eigenvalue weighted by molar-refractivity contribution is 0.451. The smallest absolute Gasteiger partial charge is 0.119 e. The first-order valence-corrected chi connectivity index (χ1v) is 6.05. The third-order valence-corrected chi connectivity index (χ3v) is 3.87. The molecule has 0 radical (unpaired) electrons. The molecule has 0 amide bonds. The molecular formula is C11H15NOS. The highest BCUT2D eigenvalue weighted by molar-refractivity contribution is 7.99. The average molecular weight is 209 g/mol. The summed E-state index contributed by atoms with van der Waals surface area (Å²) in [5.74, 6) is 2.87. The Hall–Kier alpha value is -0.670.